The molecular weight excluding hydrogens is 480 g/mol. The monoisotopic (exact) mass is 504 g/mol. The molecule has 0 aliphatic heterocycles. The molecule has 2 amide bonds. The summed E-state index contributed by atoms with van der Waals surface area (Å²) in [6.07, 6.45) is 7.48. The Kier molecular flexibility index (Phi) is 8.20. The summed E-state index contributed by atoms with van der Waals surface area (Å²) in [5.41, 5.74) is 1.24. The second-order valence-corrected chi connectivity index (χ2v) is 8.30. The van der Waals surface area contributed by atoms with Crippen LogP contribution < -0.4 is 15.4 Å². The zero-order valence-electron chi connectivity index (χ0n) is 19.6. The predicted octanol–water partition coefficient (Wildman–Crippen LogP) is 4.78. The van der Waals surface area contributed by atoms with Crippen molar-refractivity contribution in [3.05, 3.63) is 101 Å². The molecule has 184 valence electrons. The van der Waals surface area contributed by atoms with E-state index in [0.29, 0.717) is 47.4 Å². The minimum absolute atomic E-state index is 0.0606. The third-order valence-corrected chi connectivity index (χ3v) is 5.54. The number of hydrogen-bond donors (Lipinski definition) is 2. The Morgan fingerprint density at radius 3 is 2.69 bits per heavy atom. The van der Waals surface area contributed by atoms with Crippen LogP contribution in [0.3, 0.4) is 0 Å². The lowest BCUT2D eigenvalue weighted by atomic mass is 10.2. The molecule has 2 aromatic heterocycles. The zero-order valence-corrected chi connectivity index (χ0v) is 20.4. The standard InChI is InChI=1S/C27H25ClN4O4/c1-35-22-8-6-19(7-9-22)26(33)31-24(27(34)30-12-3-14-32-15-13-29-18-32)17-23-10-11-25(36-23)20-4-2-5-21(28)16-20/h2,4-11,13,15-18H,3,12,14H2,1H3,(H,30,34)(H,31,33)/b24-17-. The number of hydrogen-bond acceptors (Lipinski definition) is 5. The first-order valence-corrected chi connectivity index (χ1v) is 11.7. The molecule has 0 saturated heterocycles. The average Bonchev–Trinajstić information content (AvgIpc) is 3.58. The highest BCUT2D eigenvalue weighted by Crippen LogP contribution is 2.25. The Bertz CT molecular complexity index is 1340. The number of aryl methyl sites for hydroxylation is 1. The number of aromatic nitrogens is 2. The van der Waals surface area contributed by atoms with Crippen LogP contribution in [0.1, 0.15) is 22.5 Å². The van der Waals surface area contributed by atoms with Gasteiger partial charge in [0.2, 0.25) is 0 Å². The Morgan fingerprint density at radius 1 is 1.14 bits per heavy atom. The van der Waals surface area contributed by atoms with Gasteiger partial charge in [0.15, 0.2) is 0 Å². The number of nitrogens with zero attached hydrogens (tertiary/aromatic N) is 2. The number of furan rings is 1. The van der Waals surface area contributed by atoms with Crippen molar-refractivity contribution in [3.63, 3.8) is 0 Å². The van der Waals surface area contributed by atoms with Crippen molar-refractivity contribution in [1.82, 2.24) is 20.2 Å². The lowest BCUT2D eigenvalue weighted by Crippen LogP contribution is -2.35. The van der Waals surface area contributed by atoms with Gasteiger partial charge in [0.25, 0.3) is 11.8 Å². The maximum Gasteiger partial charge on any atom is 0.267 e. The van der Waals surface area contributed by atoms with Crippen molar-refractivity contribution < 1.29 is 18.7 Å². The van der Waals surface area contributed by atoms with Gasteiger partial charge >= 0.3 is 0 Å². The van der Waals surface area contributed by atoms with Crippen LogP contribution in [-0.2, 0) is 11.3 Å². The maximum atomic E-state index is 13.0. The van der Waals surface area contributed by atoms with E-state index in [-0.39, 0.29) is 5.70 Å². The third kappa shape index (κ3) is 6.64. The van der Waals surface area contributed by atoms with Gasteiger partial charge in [-0.1, -0.05) is 23.7 Å². The van der Waals surface area contributed by atoms with Crippen molar-refractivity contribution in [1.29, 1.82) is 0 Å². The molecule has 0 aliphatic rings. The number of ether oxygens (including phenoxy) is 1. The molecule has 0 atom stereocenters. The van der Waals surface area contributed by atoms with E-state index in [1.165, 1.54) is 6.08 Å². The lowest BCUT2D eigenvalue weighted by molar-refractivity contribution is -0.117. The Hall–Kier alpha value is -4.30. The van der Waals surface area contributed by atoms with Crippen LogP contribution >= 0.6 is 11.6 Å². The maximum absolute atomic E-state index is 13.0. The number of benzene rings is 2. The van der Waals surface area contributed by atoms with Crippen LogP contribution in [0.25, 0.3) is 17.4 Å². The van der Waals surface area contributed by atoms with E-state index in [4.69, 9.17) is 20.8 Å². The molecule has 0 fully saturated rings. The third-order valence-electron chi connectivity index (χ3n) is 5.31. The lowest BCUT2D eigenvalue weighted by Gasteiger charge is -2.11. The van der Waals surface area contributed by atoms with E-state index in [9.17, 15) is 9.59 Å². The highest BCUT2D eigenvalue weighted by molar-refractivity contribution is 6.30. The molecule has 2 N–H and O–H groups in total. The molecule has 0 aliphatic carbocycles. The normalized spacial score (nSPS) is 11.2. The average molecular weight is 505 g/mol. The Balaban J connectivity index is 1.50. The molecule has 8 nitrogen and oxygen atoms in total. The van der Waals surface area contributed by atoms with E-state index in [2.05, 4.69) is 15.6 Å². The zero-order chi connectivity index (χ0) is 25.3. The molecule has 0 spiro atoms. The first kappa shape index (κ1) is 24.8. The SMILES string of the molecule is COc1ccc(C(=O)N/C(=C\c2ccc(-c3cccc(Cl)c3)o2)C(=O)NCCCn2ccnc2)cc1. The van der Waals surface area contributed by atoms with Gasteiger partial charge in [-0.2, -0.15) is 0 Å². The molecule has 2 heterocycles. The molecular formula is C27H25ClN4O4. The van der Waals surface area contributed by atoms with E-state index in [1.807, 2.05) is 22.9 Å². The summed E-state index contributed by atoms with van der Waals surface area (Å²) < 4.78 is 13.0. The van der Waals surface area contributed by atoms with Gasteiger partial charge < -0.3 is 24.4 Å². The molecule has 0 unspecified atom stereocenters. The summed E-state index contributed by atoms with van der Waals surface area (Å²) in [5.74, 6) is 0.762. The Labute approximate surface area is 213 Å². The highest BCUT2D eigenvalue weighted by Gasteiger charge is 2.16. The number of nitrogens with one attached hydrogen (secondary N) is 2. The predicted molar refractivity (Wildman–Crippen MR) is 137 cm³/mol. The van der Waals surface area contributed by atoms with Crippen LogP contribution in [0.4, 0.5) is 0 Å². The van der Waals surface area contributed by atoms with E-state index < -0.39 is 11.8 Å². The summed E-state index contributed by atoms with van der Waals surface area (Å²) >= 11 is 6.09. The van der Waals surface area contributed by atoms with Gasteiger partial charge in [0.05, 0.1) is 13.4 Å². The molecule has 0 radical (unpaired) electrons. The van der Waals surface area contributed by atoms with Crippen molar-refractivity contribution in [2.24, 2.45) is 0 Å². The van der Waals surface area contributed by atoms with E-state index >= 15 is 0 Å². The number of rotatable bonds is 10. The fourth-order valence-corrected chi connectivity index (χ4v) is 3.63. The summed E-state index contributed by atoms with van der Waals surface area (Å²) in [5, 5.41) is 6.14. The minimum atomic E-state index is -0.431. The number of carbonyl (C=O) groups is 2. The van der Waals surface area contributed by atoms with E-state index in [0.717, 1.165) is 5.56 Å². The van der Waals surface area contributed by atoms with Gasteiger partial charge in [-0.05, 0) is 55.0 Å². The molecule has 36 heavy (non-hydrogen) atoms. The summed E-state index contributed by atoms with van der Waals surface area (Å²) in [7, 11) is 1.55. The number of carbonyl (C=O) groups excluding carboxylic acids is 2. The molecule has 2 aromatic carbocycles. The number of imidazole rings is 1. The first-order chi connectivity index (χ1) is 17.5. The van der Waals surface area contributed by atoms with Gasteiger partial charge in [-0.15, -0.1) is 0 Å². The molecule has 4 aromatic rings. The minimum Gasteiger partial charge on any atom is -0.497 e. The van der Waals surface area contributed by atoms with Crippen LogP contribution in [0.2, 0.25) is 5.02 Å². The van der Waals surface area contributed by atoms with Crippen molar-refractivity contribution in [2.45, 2.75) is 13.0 Å². The summed E-state index contributed by atoms with van der Waals surface area (Å²) in [6.45, 7) is 1.12. The fourth-order valence-electron chi connectivity index (χ4n) is 3.44. The number of halogens is 1. The van der Waals surface area contributed by atoms with Crippen molar-refractivity contribution >= 4 is 29.5 Å². The van der Waals surface area contributed by atoms with Crippen LogP contribution in [0, 0.1) is 0 Å². The topological polar surface area (TPSA) is 98.4 Å². The summed E-state index contributed by atoms with van der Waals surface area (Å²) in [4.78, 5) is 29.9. The molecule has 9 heteroatoms. The quantitative estimate of drug-likeness (QED) is 0.239. The van der Waals surface area contributed by atoms with Crippen LogP contribution in [-0.4, -0.2) is 35.0 Å². The second kappa shape index (κ2) is 11.9. The van der Waals surface area contributed by atoms with Gasteiger partial charge in [-0.25, -0.2) is 4.98 Å². The Morgan fingerprint density at radius 2 is 1.97 bits per heavy atom. The highest BCUT2D eigenvalue weighted by atomic mass is 35.5. The van der Waals surface area contributed by atoms with Gasteiger partial charge in [0, 0.05) is 47.7 Å². The second-order valence-electron chi connectivity index (χ2n) is 7.86. The fraction of sp³-hybridized carbons (Fsp3) is 0.148. The number of methoxy groups -OCH3 is 1. The summed E-state index contributed by atoms with van der Waals surface area (Å²) in [6, 6.07) is 17.4. The van der Waals surface area contributed by atoms with Gasteiger partial charge in [0.1, 0.15) is 23.0 Å². The molecule has 0 saturated carbocycles. The van der Waals surface area contributed by atoms with Crippen LogP contribution in [0.5, 0.6) is 5.75 Å². The van der Waals surface area contributed by atoms with Gasteiger partial charge in [-0.3, -0.25) is 9.59 Å². The molecule has 0 bridgehead atoms. The number of amides is 2. The first-order valence-electron chi connectivity index (χ1n) is 11.3. The van der Waals surface area contributed by atoms with E-state index in [1.54, 1.807) is 68.2 Å². The van der Waals surface area contributed by atoms with Crippen molar-refractivity contribution in [2.75, 3.05) is 13.7 Å². The smallest absolute Gasteiger partial charge is 0.267 e. The van der Waals surface area contributed by atoms with Crippen molar-refractivity contribution in [3.8, 4) is 17.1 Å². The largest absolute Gasteiger partial charge is 0.497 e. The molecule has 4 rings (SSSR count). The van der Waals surface area contributed by atoms with Crippen LogP contribution in [0.15, 0.2) is 89.5 Å².